The van der Waals surface area contributed by atoms with Gasteiger partial charge in [-0.3, -0.25) is 5.73 Å². The lowest BCUT2D eigenvalue weighted by Gasteiger charge is -2.31. The van der Waals surface area contributed by atoms with Gasteiger partial charge in [-0.05, 0) is 24.3 Å². The highest BCUT2D eigenvalue weighted by molar-refractivity contribution is 7.99. The Morgan fingerprint density at radius 1 is 1.39 bits per heavy atom. The van der Waals surface area contributed by atoms with Gasteiger partial charge in [-0.25, -0.2) is 4.99 Å². The molecule has 0 fully saturated rings. The molecule has 0 aromatic heterocycles. The lowest BCUT2D eigenvalue weighted by atomic mass is 10.0. The van der Waals surface area contributed by atoms with Crippen LogP contribution in [0, 0.1) is 0 Å². The van der Waals surface area contributed by atoms with Crippen LogP contribution in [-0.2, 0) is 5.79 Å². The summed E-state index contributed by atoms with van der Waals surface area (Å²) in [4.78, 5) is 3.84. The summed E-state index contributed by atoms with van der Waals surface area (Å²) >= 11 is 1.76. The van der Waals surface area contributed by atoms with Gasteiger partial charge >= 0.3 is 6.18 Å². The Labute approximate surface area is 137 Å². The van der Waals surface area contributed by atoms with E-state index in [2.05, 4.69) is 24.2 Å². The number of amidine groups is 1. The van der Waals surface area contributed by atoms with Crippen LogP contribution in [0.3, 0.4) is 0 Å². The summed E-state index contributed by atoms with van der Waals surface area (Å²) in [7, 11) is 0. The smallest absolute Gasteiger partial charge is 0.383 e. The molecule has 1 heterocycles. The van der Waals surface area contributed by atoms with Crippen LogP contribution in [0.2, 0.25) is 0 Å². The molecule has 1 aliphatic heterocycles. The van der Waals surface area contributed by atoms with Crippen molar-refractivity contribution in [2.24, 2.45) is 16.5 Å². The Morgan fingerprint density at radius 2 is 2.09 bits per heavy atom. The second kappa shape index (κ2) is 6.45. The molecule has 0 aliphatic carbocycles. The third kappa shape index (κ3) is 3.81. The van der Waals surface area contributed by atoms with Crippen LogP contribution in [0.4, 0.5) is 13.2 Å². The predicted octanol–water partition coefficient (Wildman–Crippen LogP) is 2.98. The maximum absolute atomic E-state index is 12.8. The van der Waals surface area contributed by atoms with E-state index < -0.39 is 23.4 Å². The van der Waals surface area contributed by atoms with Gasteiger partial charge in [-0.15, -0.1) is 0 Å². The number of halogens is 3. The predicted molar refractivity (Wildman–Crippen MR) is 87.8 cm³/mol. The molecule has 2 unspecified atom stereocenters. The van der Waals surface area contributed by atoms with E-state index in [1.54, 1.807) is 17.8 Å². The van der Waals surface area contributed by atoms with Crippen molar-refractivity contribution in [2.45, 2.75) is 31.1 Å². The normalized spacial score (nSPS) is 22.9. The average Bonchev–Trinajstić information content (AvgIpc) is 2.46. The number of nitrogens with zero attached hydrogens (tertiary/aromatic N) is 1. The van der Waals surface area contributed by atoms with Crippen LogP contribution in [-0.4, -0.2) is 17.8 Å². The topological polar surface area (TPSA) is 76.4 Å². The zero-order chi connectivity index (χ0) is 17.3. The van der Waals surface area contributed by atoms with Crippen molar-refractivity contribution in [1.29, 1.82) is 0 Å². The molecule has 0 radical (unpaired) electrons. The average molecular weight is 344 g/mol. The van der Waals surface area contributed by atoms with Gasteiger partial charge in [0.1, 0.15) is 11.4 Å². The fraction of sp³-hybridized carbons (Fsp3) is 0.400. The number of hydrogen-bond donors (Lipinski definition) is 3. The molecule has 8 heteroatoms. The Balaban J connectivity index is 2.33. The second-order valence-corrected chi connectivity index (χ2v) is 6.80. The lowest BCUT2D eigenvalue weighted by molar-refractivity contribution is -0.0870. The molecule has 0 saturated carbocycles. The summed E-state index contributed by atoms with van der Waals surface area (Å²) in [5.41, 5.74) is 12.1. The van der Waals surface area contributed by atoms with Gasteiger partial charge in [0.05, 0.1) is 0 Å². The van der Waals surface area contributed by atoms with Crippen molar-refractivity contribution in [2.75, 3.05) is 5.75 Å². The Morgan fingerprint density at radius 3 is 2.65 bits per heavy atom. The first-order valence-electron chi connectivity index (χ1n) is 7.09. The van der Waals surface area contributed by atoms with Gasteiger partial charge in [-0.2, -0.15) is 24.9 Å². The van der Waals surface area contributed by atoms with Gasteiger partial charge < -0.3 is 11.1 Å². The fourth-order valence-electron chi connectivity index (χ4n) is 2.29. The van der Waals surface area contributed by atoms with Gasteiger partial charge in [-0.1, -0.05) is 25.1 Å². The van der Waals surface area contributed by atoms with Crippen LogP contribution in [0.5, 0.6) is 0 Å². The number of rotatable bonds is 4. The number of nitrogens with one attached hydrogen (secondary N) is 1. The molecule has 126 valence electrons. The van der Waals surface area contributed by atoms with Gasteiger partial charge in [0, 0.05) is 17.0 Å². The number of aliphatic imine (C=N–C) groups is 1. The van der Waals surface area contributed by atoms with Crippen LogP contribution < -0.4 is 16.8 Å². The minimum atomic E-state index is -4.57. The third-order valence-corrected chi connectivity index (χ3v) is 4.63. The SMILES string of the molecule is CCSC(C)c1cccc(C2(N)N=C(N)C(C(F)(F)F)=CN2)c1. The summed E-state index contributed by atoms with van der Waals surface area (Å²) < 4.78 is 38.4. The molecule has 4 nitrogen and oxygen atoms in total. The highest BCUT2D eigenvalue weighted by atomic mass is 32.2. The summed E-state index contributed by atoms with van der Waals surface area (Å²) in [5, 5.41) is 2.76. The minimum Gasteiger partial charge on any atom is -0.383 e. The minimum absolute atomic E-state index is 0.245. The first-order chi connectivity index (χ1) is 10.7. The molecule has 0 amide bonds. The zero-order valence-corrected chi connectivity index (χ0v) is 13.6. The molecule has 5 N–H and O–H groups in total. The Kier molecular flexibility index (Phi) is 4.95. The maximum Gasteiger partial charge on any atom is 0.421 e. The molecular formula is C15H19F3N4S. The van der Waals surface area contributed by atoms with E-state index >= 15 is 0 Å². The monoisotopic (exact) mass is 344 g/mol. The number of hydrogen-bond acceptors (Lipinski definition) is 5. The fourth-order valence-corrected chi connectivity index (χ4v) is 3.13. The first-order valence-corrected chi connectivity index (χ1v) is 8.14. The van der Waals surface area contributed by atoms with Crippen molar-refractivity contribution in [3.63, 3.8) is 0 Å². The molecule has 1 aromatic rings. The van der Waals surface area contributed by atoms with Crippen molar-refractivity contribution < 1.29 is 13.2 Å². The summed E-state index contributed by atoms with van der Waals surface area (Å²) in [5.74, 6) is -1.17. The van der Waals surface area contributed by atoms with E-state index in [1.807, 2.05) is 18.2 Å². The van der Waals surface area contributed by atoms with E-state index in [4.69, 9.17) is 11.5 Å². The molecule has 0 saturated heterocycles. The number of nitrogens with two attached hydrogens (primary N) is 2. The molecule has 2 rings (SSSR count). The Bertz CT molecular complexity index is 642. The van der Waals surface area contributed by atoms with E-state index in [1.165, 1.54) is 0 Å². The van der Waals surface area contributed by atoms with Crippen molar-refractivity contribution in [1.82, 2.24) is 5.32 Å². The van der Waals surface area contributed by atoms with Crippen LogP contribution >= 0.6 is 11.8 Å². The summed E-state index contributed by atoms with van der Waals surface area (Å²) in [6, 6.07) is 7.31. The third-order valence-electron chi connectivity index (χ3n) is 3.53. The van der Waals surface area contributed by atoms with E-state index in [0.717, 1.165) is 17.5 Å². The van der Waals surface area contributed by atoms with Crippen molar-refractivity contribution >= 4 is 17.6 Å². The van der Waals surface area contributed by atoms with Crippen LogP contribution in [0.25, 0.3) is 0 Å². The van der Waals surface area contributed by atoms with Crippen LogP contribution in [0.1, 0.15) is 30.2 Å². The lowest BCUT2D eigenvalue weighted by Crippen LogP contribution is -2.51. The Hall–Kier alpha value is -1.67. The van der Waals surface area contributed by atoms with Gasteiger partial charge in [0.15, 0.2) is 0 Å². The molecule has 2 atom stereocenters. The summed E-state index contributed by atoms with van der Waals surface area (Å²) in [6.45, 7) is 4.12. The first kappa shape index (κ1) is 17.7. The standard InChI is InChI=1S/C15H19F3N4S/c1-3-23-9(2)10-5-4-6-11(7-10)15(20)21-8-12(13(19)22-15)14(16,17)18/h4-9,21H,3,20H2,1-2H3,(H2,19,22). The van der Waals surface area contributed by atoms with E-state index in [9.17, 15) is 13.2 Å². The molecule has 0 bridgehead atoms. The number of thioether (sulfide) groups is 1. The van der Waals surface area contributed by atoms with Crippen molar-refractivity contribution in [3.05, 3.63) is 47.2 Å². The molecule has 1 aromatic carbocycles. The molecule has 1 aliphatic rings. The van der Waals surface area contributed by atoms with Gasteiger partial charge in [0.2, 0.25) is 5.79 Å². The van der Waals surface area contributed by atoms with E-state index in [0.29, 0.717) is 5.56 Å². The quantitative estimate of drug-likeness (QED) is 0.785. The second-order valence-electron chi connectivity index (χ2n) is 5.19. The highest BCUT2D eigenvalue weighted by Crippen LogP contribution is 2.33. The highest BCUT2D eigenvalue weighted by Gasteiger charge is 2.41. The zero-order valence-electron chi connectivity index (χ0n) is 12.8. The summed E-state index contributed by atoms with van der Waals surface area (Å²) in [6.07, 6.45) is -3.80. The molecule has 23 heavy (non-hydrogen) atoms. The maximum atomic E-state index is 12.8. The van der Waals surface area contributed by atoms with Gasteiger partial charge in [0.25, 0.3) is 0 Å². The number of benzene rings is 1. The molecular weight excluding hydrogens is 325 g/mol. The molecule has 0 spiro atoms. The van der Waals surface area contributed by atoms with E-state index in [-0.39, 0.29) is 5.25 Å². The van der Waals surface area contributed by atoms with Crippen molar-refractivity contribution in [3.8, 4) is 0 Å². The largest absolute Gasteiger partial charge is 0.421 e. The number of alkyl halides is 3. The van der Waals surface area contributed by atoms with Crippen LogP contribution in [0.15, 0.2) is 41.0 Å².